The fraction of sp³-hybridized carbons (Fsp3) is 0.455. The minimum absolute atomic E-state index is 0.0934. The summed E-state index contributed by atoms with van der Waals surface area (Å²) >= 11 is 4.63. The van der Waals surface area contributed by atoms with Crippen molar-refractivity contribution < 1.29 is 4.74 Å². The number of thiol groups is 1. The van der Waals surface area contributed by atoms with Gasteiger partial charge in [-0.25, -0.2) is 0 Å². The van der Waals surface area contributed by atoms with E-state index in [0.717, 1.165) is 13.0 Å². The summed E-state index contributed by atoms with van der Waals surface area (Å²) in [6.45, 7) is 0.746. The highest BCUT2D eigenvalue weighted by Crippen LogP contribution is 2.56. The van der Waals surface area contributed by atoms with E-state index >= 15 is 0 Å². The Morgan fingerprint density at radius 3 is 2.77 bits per heavy atom. The van der Waals surface area contributed by atoms with Crippen LogP contribution < -0.4 is 0 Å². The average molecular weight is 194 g/mol. The molecule has 70 valence electrons. The summed E-state index contributed by atoms with van der Waals surface area (Å²) in [5, 5.41) is 0. The first-order chi connectivity index (χ1) is 6.26. The first-order valence-corrected chi connectivity index (χ1v) is 4.97. The lowest BCUT2D eigenvalue weighted by atomic mass is 10.1. The zero-order valence-electron chi connectivity index (χ0n) is 7.73. The van der Waals surface area contributed by atoms with Gasteiger partial charge < -0.3 is 4.74 Å². The van der Waals surface area contributed by atoms with Gasteiger partial charge in [-0.15, -0.1) is 0 Å². The zero-order valence-corrected chi connectivity index (χ0v) is 8.63. The van der Waals surface area contributed by atoms with Gasteiger partial charge in [-0.3, -0.25) is 0 Å². The Labute approximate surface area is 84.5 Å². The Hall–Kier alpha value is -0.470. The molecule has 1 aliphatic carbocycles. The van der Waals surface area contributed by atoms with E-state index in [4.69, 9.17) is 4.74 Å². The van der Waals surface area contributed by atoms with Crippen LogP contribution in [0.3, 0.4) is 0 Å². The summed E-state index contributed by atoms with van der Waals surface area (Å²) in [5.41, 5.74) is 1.38. The molecule has 0 radical (unpaired) electrons. The van der Waals surface area contributed by atoms with Crippen LogP contribution in [0.2, 0.25) is 0 Å². The molecule has 0 spiro atoms. The van der Waals surface area contributed by atoms with Gasteiger partial charge in [0, 0.05) is 17.8 Å². The third kappa shape index (κ3) is 1.74. The standard InChI is InChI=1S/C11H14OS/c1-12-8-11(13)7-10(11)9-5-3-2-4-6-9/h2-6,10,13H,7-8H2,1H3/t10-,11-/m0/s1. The van der Waals surface area contributed by atoms with Crippen molar-refractivity contribution in [2.75, 3.05) is 13.7 Å². The zero-order chi connectivity index (χ0) is 9.31. The molecular formula is C11H14OS. The molecule has 0 N–H and O–H groups in total. The Morgan fingerprint density at radius 2 is 2.15 bits per heavy atom. The second-order valence-electron chi connectivity index (χ2n) is 3.70. The second-order valence-corrected chi connectivity index (χ2v) is 4.59. The summed E-state index contributed by atoms with van der Waals surface area (Å²) in [5.74, 6) is 0.581. The average Bonchev–Trinajstić information content (AvgIpc) is 2.80. The Morgan fingerprint density at radius 1 is 1.46 bits per heavy atom. The predicted octanol–water partition coefficient (Wildman–Crippen LogP) is 2.49. The van der Waals surface area contributed by atoms with Gasteiger partial charge in [-0.2, -0.15) is 12.6 Å². The smallest absolute Gasteiger partial charge is 0.0613 e. The Bertz CT molecular complexity index is 285. The molecule has 1 aromatic carbocycles. The quantitative estimate of drug-likeness (QED) is 0.727. The minimum Gasteiger partial charge on any atom is -0.383 e. The van der Waals surface area contributed by atoms with E-state index in [-0.39, 0.29) is 4.75 Å². The van der Waals surface area contributed by atoms with Crippen LogP contribution in [-0.4, -0.2) is 18.5 Å². The van der Waals surface area contributed by atoms with E-state index in [9.17, 15) is 0 Å². The number of rotatable bonds is 3. The van der Waals surface area contributed by atoms with Crippen LogP contribution in [-0.2, 0) is 4.74 Å². The molecule has 0 saturated heterocycles. The Balaban J connectivity index is 2.07. The van der Waals surface area contributed by atoms with Gasteiger partial charge in [-0.1, -0.05) is 30.3 Å². The van der Waals surface area contributed by atoms with Gasteiger partial charge in [0.05, 0.1) is 6.61 Å². The van der Waals surface area contributed by atoms with Crippen LogP contribution in [0.25, 0.3) is 0 Å². The molecule has 1 aliphatic rings. The molecule has 0 amide bonds. The van der Waals surface area contributed by atoms with Crippen molar-refractivity contribution in [3.8, 4) is 0 Å². The van der Waals surface area contributed by atoms with Crippen molar-refractivity contribution in [2.45, 2.75) is 17.1 Å². The van der Waals surface area contributed by atoms with E-state index in [1.807, 2.05) is 6.07 Å². The molecule has 1 saturated carbocycles. The van der Waals surface area contributed by atoms with E-state index in [1.165, 1.54) is 5.56 Å². The second kappa shape index (κ2) is 3.35. The minimum atomic E-state index is 0.0934. The van der Waals surface area contributed by atoms with Crippen LogP contribution >= 0.6 is 12.6 Å². The van der Waals surface area contributed by atoms with E-state index in [1.54, 1.807) is 7.11 Å². The molecular weight excluding hydrogens is 180 g/mol. The number of hydrogen-bond acceptors (Lipinski definition) is 2. The van der Waals surface area contributed by atoms with Crippen LogP contribution in [0, 0.1) is 0 Å². The lowest BCUT2D eigenvalue weighted by Gasteiger charge is -2.08. The van der Waals surface area contributed by atoms with Gasteiger partial charge in [-0.05, 0) is 12.0 Å². The topological polar surface area (TPSA) is 9.23 Å². The molecule has 2 heteroatoms. The highest BCUT2D eigenvalue weighted by atomic mass is 32.1. The van der Waals surface area contributed by atoms with Gasteiger partial charge in [0.1, 0.15) is 0 Å². The molecule has 1 aromatic rings. The van der Waals surface area contributed by atoms with Gasteiger partial charge in [0.2, 0.25) is 0 Å². The molecule has 0 unspecified atom stereocenters. The third-order valence-electron chi connectivity index (χ3n) is 2.64. The number of hydrogen-bond donors (Lipinski definition) is 1. The summed E-state index contributed by atoms with van der Waals surface area (Å²) < 4.78 is 5.24. The molecule has 0 bridgehead atoms. The molecule has 1 fully saturated rings. The fourth-order valence-corrected chi connectivity index (χ4v) is 2.28. The largest absolute Gasteiger partial charge is 0.383 e. The summed E-state index contributed by atoms with van der Waals surface area (Å²) in [4.78, 5) is 0. The number of methoxy groups -OCH3 is 1. The molecule has 2 atom stereocenters. The SMILES string of the molecule is COC[C@@]1(S)C[C@H]1c1ccccc1. The molecule has 2 rings (SSSR count). The number of ether oxygens (including phenoxy) is 1. The van der Waals surface area contributed by atoms with Crippen molar-refractivity contribution in [2.24, 2.45) is 0 Å². The lowest BCUT2D eigenvalue weighted by molar-refractivity contribution is 0.194. The van der Waals surface area contributed by atoms with Gasteiger partial charge in [0.25, 0.3) is 0 Å². The summed E-state index contributed by atoms with van der Waals surface area (Å²) in [6, 6.07) is 10.5. The monoisotopic (exact) mass is 194 g/mol. The number of benzene rings is 1. The fourth-order valence-electron chi connectivity index (χ4n) is 1.82. The summed E-state index contributed by atoms with van der Waals surface area (Å²) in [6.07, 6.45) is 1.13. The van der Waals surface area contributed by atoms with Crippen LogP contribution in [0.15, 0.2) is 30.3 Å². The van der Waals surface area contributed by atoms with Crippen molar-refractivity contribution in [1.82, 2.24) is 0 Å². The Kier molecular flexibility index (Phi) is 2.35. The third-order valence-corrected chi connectivity index (χ3v) is 3.27. The van der Waals surface area contributed by atoms with Crippen LogP contribution in [0.1, 0.15) is 17.9 Å². The van der Waals surface area contributed by atoms with Crippen LogP contribution in [0.4, 0.5) is 0 Å². The molecule has 0 aliphatic heterocycles. The van der Waals surface area contributed by atoms with E-state index in [2.05, 4.69) is 36.9 Å². The van der Waals surface area contributed by atoms with Gasteiger partial charge in [0.15, 0.2) is 0 Å². The highest BCUT2D eigenvalue weighted by molar-refractivity contribution is 7.82. The maximum Gasteiger partial charge on any atom is 0.0613 e. The van der Waals surface area contributed by atoms with Crippen molar-refractivity contribution in [3.05, 3.63) is 35.9 Å². The van der Waals surface area contributed by atoms with Crippen molar-refractivity contribution in [3.63, 3.8) is 0 Å². The van der Waals surface area contributed by atoms with E-state index < -0.39 is 0 Å². The van der Waals surface area contributed by atoms with Crippen molar-refractivity contribution in [1.29, 1.82) is 0 Å². The highest BCUT2D eigenvalue weighted by Gasteiger charge is 2.51. The lowest BCUT2D eigenvalue weighted by Crippen LogP contribution is -2.10. The summed E-state index contributed by atoms with van der Waals surface area (Å²) in [7, 11) is 1.73. The molecule has 0 aromatic heterocycles. The van der Waals surface area contributed by atoms with E-state index in [0.29, 0.717) is 5.92 Å². The molecule has 1 nitrogen and oxygen atoms in total. The molecule has 0 heterocycles. The first-order valence-electron chi connectivity index (χ1n) is 4.52. The predicted molar refractivity (Wildman–Crippen MR) is 57.4 cm³/mol. The van der Waals surface area contributed by atoms with Crippen molar-refractivity contribution >= 4 is 12.6 Å². The first kappa shape index (κ1) is 9.10. The maximum atomic E-state index is 5.14. The maximum absolute atomic E-state index is 5.14. The van der Waals surface area contributed by atoms with Crippen LogP contribution in [0.5, 0.6) is 0 Å². The van der Waals surface area contributed by atoms with Gasteiger partial charge >= 0.3 is 0 Å². The molecule has 13 heavy (non-hydrogen) atoms. The normalized spacial score (nSPS) is 31.7.